The molecule has 2 fully saturated rings. The first-order valence-corrected chi connectivity index (χ1v) is 8.32. The third-order valence-electron chi connectivity index (χ3n) is 4.37. The topological polar surface area (TPSA) is 50.8 Å². The number of hydrogen-bond acceptors (Lipinski definition) is 4. The van der Waals surface area contributed by atoms with Crippen molar-refractivity contribution in [1.82, 2.24) is 4.90 Å². The molecule has 1 aromatic carbocycles. The molecule has 0 aromatic heterocycles. The lowest BCUT2D eigenvalue weighted by molar-refractivity contribution is -0.185. The molecule has 2 saturated heterocycles. The van der Waals surface area contributed by atoms with Gasteiger partial charge in [-0.3, -0.25) is 9.69 Å². The van der Waals surface area contributed by atoms with Crippen LogP contribution in [-0.4, -0.2) is 49.4 Å². The highest BCUT2D eigenvalue weighted by Crippen LogP contribution is 2.34. The summed E-state index contributed by atoms with van der Waals surface area (Å²) in [6, 6.07) is 2.84. The maximum absolute atomic E-state index is 12.8. The summed E-state index contributed by atoms with van der Waals surface area (Å²) in [4.78, 5) is 14.1. The van der Waals surface area contributed by atoms with Crippen LogP contribution in [0.1, 0.15) is 18.4 Å². The van der Waals surface area contributed by atoms with Crippen LogP contribution in [0.5, 0.6) is 0 Å². The van der Waals surface area contributed by atoms with Crippen molar-refractivity contribution in [3.05, 3.63) is 28.8 Å². The number of ether oxygens (including phenoxy) is 2. The Kier molecular flexibility index (Phi) is 5.24. The van der Waals surface area contributed by atoms with Crippen LogP contribution in [0.2, 0.25) is 5.02 Å². The molecule has 25 heavy (non-hydrogen) atoms. The Morgan fingerprint density at radius 3 is 2.48 bits per heavy atom. The minimum atomic E-state index is -4.49. The molecule has 0 radical (unpaired) electrons. The maximum atomic E-state index is 12.8. The quantitative estimate of drug-likeness (QED) is 0.878. The summed E-state index contributed by atoms with van der Waals surface area (Å²) in [6.45, 7) is 2.46. The molecular weight excluding hydrogens is 361 g/mol. The molecule has 3 rings (SSSR count). The number of halogens is 4. The Labute approximate surface area is 148 Å². The standard InChI is InChI=1S/C16H18ClF3N2O3/c17-12-2-1-11(16(18,19)20)9-13(12)21-14(23)10-22-5-3-15(4-6-22)24-7-8-25-15/h1-2,9H,3-8,10H2,(H,21,23). The lowest BCUT2D eigenvalue weighted by atomic mass is 10.0. The van der Waals surface area contributed by atoms with Crippen LogP contribution in [0.25, 0.3) is 0 Å². The Hall–Kier alpha value is -1.35. The van der Waals surface area contributed by atoms with E-state index >= 15 is 0 Å². The maximum Gasteiger partial charge on any atom is 0.416 e. The number of alkyl halides is 3. The van der Waals surface area contributed by atoms with Crippen molar-refractivity contribution in [3.63, 3.8) is 0 Å². The number of hydrogen-bond donors (Lipinski definition) is 1. The molecular formula is C16H18ClF3N2O3. The zero-order chi connectivity index (χ0) is 18.1. The summed E-state index contributed by atoms with van der Waals surface area (Å²) < 4.78 is 49.5. The van der Waals surface area contributed by atoms with Crippen LogP contribution in [0, 0.1) is 0 Å². The minimum Gasteiger partial charge on any atom is -0.347 e. The van der Waals surface area contributed by atoms with E-state index in [2.05, 4.69) is 5.32 Å². The normalized spacial score (nSPS) is 20.8. The second-order valence-electron chi connectivity index (χ2n) is 6.12. The van der Waals surface area contributed by atoms with Gasteiger partial charge in [0.25, 0.3) is 0 Å². The van der Waals surface area contributed by atoms with Gasteiger partial charge in [-0.2, -0.15) is 13.2 Å². The van der Waals surface area contributed by atoms with Crippen molar-refractivity contribution < 1.29 is 27.4 Å². The van der Waals surface area contributed by atoms with Crippen molar-refractivity contribution in [2.24, 2.45) is 0 Å². The molecule has 2 heterocycles. The largest absolute Gasteiger partial charge is 0.416 e. The SMILES string of the molecule is O=C(CN1CCC2(CC1)OCCO2)Nc1cc(C(F)(F)F)ccc1Cl. The fraction of sp³-hybridized carbons (Fsp3) is 0.562. The fourth-order valence-electron chi connectivity index (χ4n) is 3.03. The second kappa shape index (κ2) is 7.11. The van der Waals surface area contributed by atoms with Crippen LogP contribution in [-0.2, 0) is 20.4 Å². The average Bonchev–Trinajstić information content (AvgIpc) is 2.99. The Bertz CT molecular complexity index is 638. The molecule has 0 atom stereocenters. The number of benzene rings is 1. The lowest BCUT2D eigenvalue weighted by Gasteiger charge is -2.37. The third-order valence-corrected chi connectivity index (χ3v) is 4.70. The van der Waals surface area contributed by atoms with Crippen molar-refractivity contribution in [2.45, 2.75) is 24.8 Å². The summed E-state index contributed by atoms with van der Waals surface area (Å²) >= 11 is 5.89. The van der Waals surface area contributed by atoms with Gasteiger partial charge in [0.2, 0.25) is 5.91 Å². The predicted octanol–water partition coefficient (Wildman–Crippen LogP) is 3.14. The monoisotopic (exact) mass is 378 g/mol. The van der Waals surface area contributed by atoms with Gasteiger partial charge in [0.1, 0.15) is 0 Å². The number of piperidine rings is 1. The number of anilines is 1. The van der Waals surface area contributed by atoms with Crippen LogP contribution in [0.3, 0.4) is 0 Å². The lowest BCUT2D eigenvalue weighted by Crippen LogP contribution is -2.47. The first-order valence-electron chi connectivity index (χ1n) is 7.94. The van der Waals surface area contributed by atoms with Gasteiger partial charge in [-0.1, -0.05) is 11.6 Å². The molecule has 2 aliphatic rings. The van der Waals surface area contributed by atoms with Gasteiger partial charge in [0.15, 0.2) is 5.79 Å². The molecule has 1 spiro atoms. The predicted molar refractivity (Wildman–Crippen MR) is 85.4 cm³/mol. The van der Waals surface area contributed by atoms with Crippen molar-refractivity contribution in [3.8, 4) is 0 Å². The van der Waals surface area contributed by atoms with Crippen LogP contribution < -0.4 is 5.32 Å². The number of nitrogens with zero attached hydrogens (tertiary/aromatic N) is 1. The smallest absolute Gasteiger partial charge is 0.347 e. The van der Waals surface area contributed by atoms with Gasteiger partial charge < -0.3 is 14.8 Å². The van der Waals surface area contributed by atoms with Crippen molar-refractivity contribution >= 4 is 23.2 Å². The summed E-state index contributed by atoms with van der Waals surface area (Å²) in [5, 5.41) is 2.52. The highest BCUT2D eigenvalue weighted by molar-refractivity contribution is 6.33. The number of rotatable bonds is 3. The highest BCUT2D eigenvalue weighted by atomic mass is 35.5. The molecule has 0 bridgehead atoms. The summed E-state index contributed by atoms with van der Waals surface area (Å²) in [5.74, 6) is -0.942. The van der Waals surface area contributed by atoms with Crippen molar-refractivity contribution in [1.29, 1.82) is 0 Å². The fourth-order valence-corrected chi connectivity index (χ4v) is 3.19. The zero-order valence-electron chi connectivity index (χ0n) is 13.4. The molecule has 0 unspecified atom stereocenters. The van der Waals surface area contributed by atoms with Crippen LogP contribution in [0.4, 0.5) is 18.9 Å². The molecule has 5 nitrogen and oxygen atoms in total. The van der Waals surface area contributed by atoms with E-state index in [0.717, 1.165) is 18.2 Å². The molecule has 2 aliphatic heterocycles. The summed E-state index contributed by atoms with van der Waals surface area (Å²) in [7, 11) is 0. The van der Waals surface area contributed by atoms with Gasteiger partial charge in [0.05, 0.1) is 36.0 Å². The Balaban J connectivity index is 1.56. The number of amides is 1. The molecule has 0 saturated carbocycles. The van der Waals surface area contributed by atoms with Crippen LogP contribution >= 0.6 is 11.6 Å². The van der Waals surface area contributed by atoms with E-state index in [1.165, 1.54) is 0 Å². The van der Waals surface area contributed by atoms with E-state index < -0.39 is 23.4 Å². The molecule has 1 N–H and O–H groups in total. The number of likely N-dealkylation sites (tertiary alicyclic amines) is 1. The third kappa shape index (κ3) is 4.44. The first-order chi connectivity index (χ1) is 11.8. The molecule has 138 valence electrons. The molecule has 0 aliphatic carbocycles. The number of carbonyl (C=O) groups is 1. The van der Waals surface area contributed by atoms with Gasteiger partial charge in [-0.05, 0) is 18.2 Å². The van der Waals surface area contributed by atoms with Crippen LogP contribution in [0.15, 0.2) is 18.2 Å². The van der Waals surface area contributed by atoms with E-state index in [0.29, 0.717) is 39.1 Å². The van der Waals surface area contributed by atoms with E-state index in [1.807, 2.05) is 4.90 Å². The second-order valence-corrected chi connectivity index (χ2v) is 6.53. The minimum absolute atomic E-state index is 0.0440. The molecule has 9 heteroatoms. The average molecular weight is 379 g/mol. The summed E-state index contributed by atoms with van der Waals surface area (Å²) in [5.41, 5.74) is -0.903. The van der Waals surface area contributed by atoms with E-state index in [1.54, 1.807) is 0 Å². The van der Waals surface area contributed by atoms with E-state index in [-0.39, 0.29) is 17.3 Å². The summed E-state index contributed by atoms with van der Waals surface area (Å²) in [6.07, 6.45) is -3.18. The van der Waals surface area contributed by atoms with Gasteiger partial charge in [0, 0.05) is 25.9 Å². The number of nitrogens with one attached hydrogen (secondary N) is 1. The Morgan fingerprint density at radius 2 is 1.88 bits per heavy atom. The molecule has 1 amide bonds. The van der Waals surface area contributed by atoms with E-state index in [9.17, 15) is 18.0 Å². The van der Waals surface area contributed by atoms with Crippen molar-refractivity contribution in [2.75, 3.05) is 38.2 Å². The number of carbonyl (C=O) groups excluding carboxylic acids is 1. The van der Waals surface area contributed by atoms with E-state index in [4.69, 9.17) is 21.1 Å². The van der Waals surface area contributed by atoms with Gasteiger partial charge in [-0.25, -0.2) is 0 Å². The molecule has 1 aromatic rings. The van der Waals surface area contributed by atoms with Gasteiger partial charge in [-0.15, -0.1) is 0 Å². The van der Waals surface area contributed by atoms with Gasteiger partial charge >= 0.3 is 6.18 Å². The first kappa shape index (κ1) is 18.4. The zero-order valence-corrected chi connectivity index (χ0v) is 14.1. The Morgan fingerprint density at radius 1 is 1.24 bits per heavy atom. The highest BCUT2D eigenvalue weighted by Gasteiger charge is 2.40.